The number of hydrogen-bond acceptors (Lipinski definition) is 4. The van der Waals surface area contributed by atoms with Crippen molar-refractivity contribution >= 4 is 46.2 Å². The smallest absolute Gasteiger partial charge is 0.238 e. The fraction of sp³-hybridized carbons (Fsp3) is 0.200. The Kier molecular flexibility index (Phi) is 7.37. The number of rotatable bonds is 5. The molecule has 0 aliphatic carbocycles. The zero-order valence-electron chi connectivity index (χ0n) is 17.5. The maximum Gasteiger partial charge on any atom is 0.238 e. The minimum absolute atomic E-state index is 0.199. The molecule has 164 valence electrons. The monoisotopic (exact) mass is 465 g/mol. The number of ether oxygens (including phenoxy) is 1. The third kappa shape index (κ3) is 5.46. The first-order valence-electron chi connectivity index (χ1n) is 10.5. The average molecular weight is 466 g/mol. The molecule has 0 bridgehead atoms. The van der Waals surface area contributed by atoms with Gasteiger partial charge in [0.1, 0.15) is 0 Å². The summed E-state index contributed by atoms with van der Waals surface area (Å²) in [5, 5.41) is 6.85. The zero-order chi connectivity index (χ0) is 22.3. The molecule has 1 saturated heterocycles. The first-order valence-corrected chi connectivity index (χ1v) is 11.2. The normalized spacial score (nSPS) is 13.6. The summed E-state index contributed by atoms with van der Waals surface area (Å²) < 4.78 is 5.46. The number of carbonyl (C=O) groups is 1. The first-order chi connectivity index (χ1) is 15.6. The maximum absolute atomic E-state index is 13.3. The third-order valence-corrected chi connectivity index (χ3v) is 5.76. The molecule has 3 aromatic carbocycles. The Balaban J connectivity index is 1.53. The van der Waals surface area contributed by atoms with E-state index in [4.69, 9.17) is 28.6 Å². The number of nitrogens with one attached hydrogen (secondary N) is 2. The van der Waals surface area contributed by atoms with Gasteiger partial charge in [-0.2, -0.15) is 0 Å². The molecule has 2 N–H and O–H groups in total. The number of amides is 1. The van der Waals surface area contributed by atoms with Crippen molar-refractivity contribution in [1.82, 2.24) is 5.32 Å². The minimum Gasteiger partial charge on any atom is -0.378 e. The molecule has 0 unspecified atom stereocenters. The van der Waals surface area contributed by atoms with E-state index in [2.05, 4.69) is 15.5 Å². The number of hydrogen-bond donors (Lipinski definition) is 2. The van der Waals surface area contributed by atoms with Crippen LogP contribution in [0.15, 0.2) is 78.9 Å². The van der Waals surface area contributed by atoms with Crippen molar-refractivity contribution in [3.05, 3.63) is 95.0 Å². The average Bonchev–Trinajstić information content (AvgIpc) is 2.81. The van der Waals surface area contributed by atoms with Crippen LogP contribution >= 0.6 is 23.8 Å². The van der Waals surface area contributed by atoms with Crippen LogP contribution in [-0.2, 0) is 9.53 Å². The summed E-state index contributed by atoms with van der Waals surface area (Å²) in [5.41, 5.74) is 3.52. The summed E-state index contributed by atoms with van der Waals surface area (Å²) in [6.45, 7) is 2.89. The molecule has 0 aromatic heterocycles. The van der Waals surface area contributed by atoms with Crippen LogP contribution in [0.2, 0.25) is 5.02 Å². The van der Waals surface area contributed by atoms with Gasteiger partial charge in [0.05, 0.1) is 30.5 Å². The SMILES string of the molecule is O=C(NC(=S)Nc1cc(Cl)ccc1N1CCOCC1)C(c1ccccc1)c1ccccc1. The lowest BCUT2D eigenvalue weighted by Crippen LogP contribution is -2.39. The van der Waals surface area contributed by atoms with Gasteiger partial charge in [-0.05, 0) is 41.5 Å². The van der Waals surface area contributed by atoms with E-state index < -0.39 is 5.92 Å². The van der Waals surface area contributed by atoms with E-state index in [1.54, 1.807) is 0 Å². The molecule has 0 saturated carbocycles. The Hall–Kier alpha value is -2.93. The van der Waals surface area contributed by atoms with Crippen LogP contribution in [0.4, 0.5) is 11.4 Å². The van der Waals surface area contributed by atoms with Crippen molar-refractivity contribution in [2.45, 2.75) is 5.92 Å². The topological polar surface area (TPSA) is 53.6 Å². The van der Waals surface area contributed by atoms with Crippen molar-refractivity contribution in [3.63, 3.8) is 0 Å². The van der Waals surface area contributed by atoms with Gasteiger partial charge < -0.3 is 20.3 Å². The molecule has 32 heavy (non-hydrogen) atoms. The zero-order valence-corrected chi connectivity index (χ0v) is 19.0. The lowest BCUT2D eigenvalue weighted by atomic mass is 9.90. The Morgan fingerprint density at radius 2 is 1.53 bits per heavy atom. The lowest BCUT2D eigenvalue weighted by molar-refractivity contribution is -0.120. The summed E-state index contributed by atoms with van der Waals surface area (Å²) in [5.74, 6) is -0.676. The van der Waals surface area contributed by atoms with Crippen LogP contribution < -0.4 is 15.5 Å². The maximum atomic E-state index is 13.3. The van der Waals surface area contributed by atoms with Crippen molar-refractivity contribution in [2.75, 3.05) is 36.5 Å². The van der Waals surface area contributed by atoms with Crippen LogP contribution in [-0.4, -0.2) is 37.3 Å². The highest BCUT2D eigenvalue weighted by Gasteiger charge is 2.24. The lowest BCUT2D eigenvalue weighted by Gasteiger charge is -2.31. The van der Waals surface area contributed by atoms with Gasteiger partial charge in [0.2, 0.25) is 5.91 Å². The van der Waals surface area contributed by atoms with Crippen LogP contribution in [0.25, 0.3) is 0 Å². The number of nitrogens with zero attached hydrogens (tertiary/aromatic N) is 1. The van der Waals surface area contributed by atoms with Gasteiger partial charge in [0, 0.05) is 18.1 Å². The highest BCUT2D eigenvalue weighted by Crippen LogP contribution is 2.30. The number of thiocarbonyl (C=S) groups is 1. The minimum atomic E-state index is -0.477. The van der Waals surface area contributed by atoms with E-state index in [9.17, 15) is 4.79 Å². The molecule has 1 amide bonds. The largest absolute Gasteiger partial charge is 0.378 e. The summed E-state index contributed by atoms with van der Waals surface area (Å²) in [6.07, 6.45) is 0. The molecule has 3 aromatic rings. The van der Waals surface area contributed by atoms with Gasteiger partial charge in [0.15, 0.2) is 5.11 Å². The van der Waals surface area contributed by atoms with Crippen LogP contribution in [0.1, 0.15) is 17.0 Å². The molecule has 0 radical (unpaired) electrons. The molecular formula is C25H24ClN3O2S. The van der Waals surface area contributed by atoms with Crippen molar-refractivity contribution in [1.29, 1.82) is 0 Å². The molecule has 0 spiro atoms. The summed E-state index contributed by atoms with van der Waals surface area (Å²) >= 11 is 11.7. The Morgan fingerprint density at radius 3 is 2.12 bits per heavy atom. The summed E-state index contributed by atoms with van der Waals surface area (Å²) in [7, 11) is 0. The second-order valence-corrected chi connectivity index (χ2v) is 8.30. The third-order valence-electron chi connectivity index (χ3n) is 5.32. The van der Waals surface area contributed by atoms with Gasteiger partial charge in [-0.3, -0.25) is 4.79 Å². The van der Waals surface area contributed by atoms with E-state index >= 15 is 0 Å². The van der Waals surface area contributed by atoms with Gasteiger partial charge >= 0.3 is 0 Å². The standard InChI is InChI=1S/C25H24ClN3O2S/c26-20-11-12-22(29-13-15-31-16-14-29)21(17-20)27-25(32)28-24(30)23(18-7-3-1-4-8-18)19-9-5-2-6-10-19/h1-12,17,23H,13-16H2,(H2,27,28,30,32). The fourth-order valence-corrected chi connectivity index (χ4v) is 4.19. The van der Waals surface area contributed by atoms with E-state index in [0.717, 1.165) is 35.6 Å². The molecule has 1 aliphatic rings. The number of anilines is 2. The van der Waals surface area contributed by atoms with Crippen molar-refractivity contribution in [3.8, 4) is 0 Å². The predicted octanol–water partition coefficient (Wildman–Crippen LogP) is 4.82. The molecule has 1 aliphatic heterocycles. The molecular weight excluding hydrogens is 442 g/mol. The number of morpholine rings is 1. The van der Waals surface area contributed by atoms with Gasteiger partial charge in [0.25, 0.3) is 0 Å². The van der Waals surface area contributed by atoms with E-state index in [-0.39, 0.29) is 11.0 Å². The molecule has 4 rings (SSSR count). The Labute approximate surface area is 198 Å². The highest BCUT2D eigenvalue weighted by molar-refractivity contribution is 7.80. The van der Waals surface area contributed by atoms with Gasteiger partial charge in [-0.25, -0.2) is 0 Å². The van der Waals surface area contributed by atoms with Crippen LogP contribution in [0.5, 0.6) is 0 Å². The molecule has 5 nitrogen and oxygen atoms in total. The van der Waals surface area contributed by atoms with Crippen molar-refractivity contribution < 1.29 is 9.53 Å². The van der Waals surface area contributed by atoms with E-state index in [0.29, 0.717) is 18.2 Å². The summed E-state index contributed by atoms with van der Waals surface area (Å²) in [4.78, 5) is 15.5. The number of benzene rings is 3. The molecule has 1 heterocycles. The fourth-order valence-electron chi connectivity index (χ4n) is 3.81. The van der Waals surface area contributed by atoms with Crippen molar-refractivity contribution in [2.24, 2.45) is 0 Å². The summed E-state index contributed by atoms with van der Waals surface area (Å²) in [6, 6.07) is 25.0. The first kappa shape index (κ1) is 22.3. The Bertz CT molecular complexity index is 1030. The molecule has 7 heteroatoms. The Morgan fingerprint density at radius 1 is 0.938 bits per heavy atom. The van der Waals surface area contributed by atoms with E-state index in [1.807, 2.05) is 78.9 Å². The molecule has 1 fully saturated rings. The van der Waals surface area contributed by atoms with Gasteiger partial charge in [-0.15, -0.1) is 0 Å². The second kappa shape index (κ2) is 10.6. The second-order valence-electron chi connectivity index (χ2n) is 7.46. The highest BCUT2D eigenvalue weighted by atomic mass is 35.5. The molecule has 0 atom stereocenters. The van der Waals surface area contributed by atoms with Crippen LogP contribution in [0, 0.1) is 0 Å². The van der Waals surface area contributed by atoms with Crippen LogP contribution in [0.3, 0.4) is 0 Å². The quantitative estimate of drug-likeness (QED) is 0.529. The van der Waals surface area contributed by atoms with E-state index in [1.165, 1.54) is 0 Å². The predicted molar refractivity (Wildman–Crippen MR) is 134 cm³/mol. The number of halogens is 1. The number of carbonyl (C=O) groups excluding carboxylic acids is 1. The van der Waals surface area contributed by atoms with Gasteiger partial charge in [-0.1, -0.05) is 72.3 Å².